The topological polar surface area (TPSA) is 72.0 Å². The maximum absolute atomic E-state index is 5.50. The predicted molar refractivity (Wildman–Crippen MR) is 54.8 cm³/mol. The highest BCUT2D eigenvalue weighted by Crippen LogP contribution is 1.82. The third-order valence-electron chi connectivity index (χ3n) is 1.27. The van der Waals surface area contributed by atoms with Crippen molar-refractivity contribution in [1.82, 2.24) is 5.32 Å². The van der Waals surface area contributed by atoms with Crippen LogP contribution in [-0.4, -0.2) is 32.9 Å². The molecule has 5 heteroatoms. The minimum Gasteiger partial charge on any atom is -0.385 e. The minimum absolute atomic E-state index is 0.410. The Labute approximate surface area is 78.4 Å². The van der Waals surface area contributed by atoms with Crippen LogP contribution in [0.15, 0.2) is 21.9 Å². The van der Waals surface area contributed by atoms with Crippen molar-refractivity contribution in [2.75, 3.05) is 20.3 Å². The second kappa shape index (κ2) is 7.30. The second-order valence-corrected chi connectivity index (χ2v) is 2.23. The number of methoxy groups -OCH3 is 1. The first kappa shape index (κ1) is 11.6. The molecule has 0 atom stereocenters. The van der Waals surface area contributed by atoms with Gasteiger partial charge in [0.05, 0.1) is 19.0 Å². The first-order valence-electron chi connectivity index (χ1n) is 3.93. The Hall–Kier alpha value is -1.36. The maximum Gasteiger partial charge on any atom is 0.223 e. The Balaban J connectivity index is 4.01. The molecular weight excluding hydrogens is 168 g/mol. The molecule has 0 saturated carbocycles. The zero-order valence-corrected chi connectivity index (χ0v) is 8.08. The fourth-order valence-electron chi connectivity index (χ4n) is 0.573. The van der Waals surface area contributed by atoms with Crippen LogP contribution in [0.2, 0.25) is 0 Å². The van der Waals surface area contributed by atoms with Crippen molar-refractivity contribution in [2.45, 2.75) is 6.92 Å². The van der Waals surface area contributed by atoms with Gasteiger partial charge in [0.1, 0.15) is 0 Å². The molecule has 13 heavy (non-hydrogen) atoms. The Morgan fingerprint density at radius 1 is 1.69 bits per heavy atom. The van der Waals surface area contributed by atoms with Gasteiger partial charge in [0, 0.05) is 7.11 Å². The van der Waals surface area contributed by atoms with Gasteiger partial charge in [-0.25, -0.2) is 9.98 Å². The van der Waals surface area contributed by atoms with E-state index in [2.05, 4.69) is 22.0 Å². The molecule has 0 rings (SSSR count). The summed E-state index contributed by atoms with van der Waals surface area (Å²) in [6, 6.07) is 0. The molecule has 0 aliphatic heterocycles. The number of allylic oxidation sites excluding steroid dienone is 1. The van der Waals surface area contributed by atoms with Crippen molar-refractivity contribution in [2.24, 2.45) is 15.7 Å². The summed E-state index contributed by atoms with van der Waals surface area (Å²) in [7, 11) is 1.62. The van der Waals surface area contributed by atoms with Gasteiger partial charge in [-0.3, -0.25) is 0 Å². The number of hydrogen-bond acceptors (Lipinski definition) is 3. The van der Waals surface area contributed by atoms with E-state index in [1.54, 1.807) is 13.2 Å². The van der Waals surface area contributed by atoms with Gasteiger partial charge in [0.2, 0.25) is 5.96 Å². The van der Waals surface area contributed by atoms with E-state index in [1.165, 1.54) is 0 Å². The zero-order valence-electron chi connectivity index (χ0n) is 8.08. The number of nitrogens with one attached hydrogen (secondary N) is 1. The lowest BCUT2D eigenvalue weighted by molar-refractivity contribution is 0.208. The smallest absolute Gasteiger partial charge is 0.223 e. The highest BCUT2D eigenvalue weighted by Gasteiger charge is 1.93. The molecule has 0 amide bonds. The van der Waals surface area contributed by atoms with Crippen LogP contribution in [0.4, 0.5) is 0 Å². The zero-order chi connectivity index (χ0) is 10.1. The predicted octanol–water partition coefficient (Wildman–Crippen LogP) is 0.0990. The molecule has 0 aliphatic carbocycles. The van der Waals surface area contributed by atoms with Crippen LogP contribution < -0.4 is 11.1 Å². The molecule has 0 fully saturated rings. The lowest BCUT2D eigenvalue weighted by Crippen LogP contribution is -2.26. The largest absolute Gasteiger partial charge is 0.385 e. The van der Waals surface area contributed by atoms with Crippen LogP contribution >= 0.6 is 0 Å². The number of nitrogens with zero attached hydrogens (tertiary/aromatic N) is 2. The molecule has 0 bridgehead atoms. The molecular formula is C8H16N4O. The minimum atomic E-state index is 0.410. The lowest BCUT2D eigenvalue weighted by atomic mass is 10.6. The molecule has 0 aromatic carbocycles. The van der Waals surface area contributed by atoms with E-state index in [-0.39, 0.29) is 0 Å². The van der Waals surface area contributed by atoms with Crippen molar-refractivity contribution in [3.8, 4) is 0 Å². The summed E-state index contributed by atoms with van der Waals surface area (Å²) in [6.07, 6.45) is 1.72. The van der Waals surface area contributed by atoms with Crippen molar-refractivity contribution in [1.29, 1.82) is 0 Å². The van der Waals surface area contributed by atoms with Crippen LogP contribution in [0.25, 0.3) is 0 Å². The molecule has 0 aliphatic rings. The van der Waals surface area contributed by atoms with Gasteiger partial charge in [-0.05, 0) is 19.7 Å². The van der Waals surface area contributed by atoms with E-state index in [9.17, 15) is 0 Å². The van der Waals surface area contributed by atoms with Gasteiger partial charge in [0.15, 0.2) is 0 Å². The Kier molecular flexibility index (Phi) is 6.53. The van der Waals surface area contributed by atoms with Crippen molar-refractivity contribution in [3.05, 3.63) is 11.9 Å². The summed E-state index contributed by atoms with van der Waals surface area (Å²) in [4.78, 5) is 7.71. The van der Waals surface area contributed by atoms with Gasteiger partial charge in [-0.2, -0.15) is 0 Å². The van der Waals surface area contributed by atoms with Gasteiger partial charge >= 0.3 is 0 Å². The van der Waals surface area contributed by atoms with Gasteiger partial charge in [-0.1, -0.05) is 0 Å². The van der Waals surface area contributed by atoms with Crippen LogP contribution in [0.3, 0.4) is 0 Å². The Morgan fingerprint density at radius 3 is 2.85 bits per heavy atom. The number of nitrogens with two attached hydrogens (primary N) is 1. The number of hydrogen-bond donors (Lipinski definition) is 2. The number of rotatable bonds is 4. The monoisotopic (exact) mass is 184 g/mol. The van der Waals surface area contributed by atoms with Crippen LogP contribution in [0, 0.1) is 0 Å². The summed E-state index contributed by atoms with van der Waals surface area (Å²) in [6.45, 7) is 6.27. The van der Waals surface area contributed by atoms with Crippen molar-refractivity contribution >= 4 is 12.7 Å². The Morgan fingerprint density at radius 2 is 2.38 bits per heavy atom. The normalized spacial score (nSPS) is 12.8. The van der Waals surface area contributed by atoms with Gasteiger partial charge in [0.25, 0.3) is 0 Å². The van der Waals surface area contributed by atoms with Crippen LogP contribution in [0.5, 0.6) is 0 Å². The molecule has 5 nitrogen and oxygen atoms in total. The summed E-state index contributed by atoms with van der Waals surface area (Å²) in [5.74, 6) is 0.913. The van der Waals surface area contributed by atoms with E-state index in [0.29, 0.717) is 24.9 Å². The molecule has 3 N–H and O–H groups in total. The third-order valence-corrected chi connectivity index (χ3v) is 1.27. The van der Waals surface area contributed by atoms with E-state index < -0.39 is 0 Å². The van der Waals surface area contributed by atoms with E-state index in [4.69, 9.17) is 10.5 Å². The highest BCUT2D eigenvalue weighted by molar-refractivity contribution is 5.85. The standard InChI is InChI=1S/C8H16N4O/c1-4-7(9)12-8(10-2)11-5-6-13-3/h4H,2,5-6,9H2,1,3H3,(H,11,12)/b7-4-. The fraction of sp³-hybridized carbons (Fsp3) is 0.500. The number of ether oxygens (including phenoxy) is 1. The molecule has 0 unspecified atom stereocenters. The SMILES string of the molecule is C=NC(=NCCOC)N/C(N)=C\C. The summed E-state index contributed by atoms with van der Waals surface area (Å²) in [5, 5.41) is 2.78. The van der Waals surface area contributed by atoms with Gasteiger partial charge < -0.3 is 15.8 Å². The quantitative estimate of drug-likeness (QED) is 0.370. The average Bonchev–Trinajstić information content (AvgIpc) is 2.16. The molecule has 0 aromatic heterocycles. The van der Waals surface area contributed by atoms with Crippen LogP contribution in [-0.2, 0) is 4.74 Å². The van der Waals surface area contributed by atoms with E-state index >= 15 is 0 Å². The number of aliphatic imine (C=N–C) groups is 2. The summed E-state index contributed by atoms with van der Waals surface area (Å²) in [5.41, 5.74) is 5.50. The highest BCUT2D eigenvalue weighted by atomic mass is 16.5. The number of guanidine groups is 1. The maximum atomic E-state index is 5.50. The Bertz CT molecular complexity index is 210. The molecule has 74 valence electrons. The molecule has 0 radical (unpaired) electrons. The summed E-state index contributed by atoms with van der Waals surface area (Å²) >= 11 is 0. The lowest BCUT2D eigenvalue weighted by Gasteiger charge is -2.04. The fourth-order valence-corrected chi connectivity index (χ4v) is 0.573. The van der Waals surface area contributed by atoms with Crippen LogP contribution in [0.1, 0.15) is 6.92 Å². The molecule has 0 saturated heterocycles. The third kappa shape index (κ3) is 5.86. The first-order valence-corrected chi connectivity index (χ1v) is 3.93. The first-order chi connectivity index (χ1) is 6.24. The summed E-state index contributed by atoms with van der Waals surface area (Å²) < 4.78 is 4.83. The average molecular weight is 184 g/mol. The van der Waals surface area contributed by atoms with Crippen molar-refractivity contribution < 1.29 is 4.74 Å². The van der Waals surface area contributed by atoms with Crippen molar-refractivity contribution in [3.63, 3.8) is 0 Å². The van der Waals surface area contributed by atoms with E-state index in [1.807, 2.05) is 6.92 Å². The van der Waals surface area contributed by atoms with E-state index in [0.717, 1.165) is 0 Å². The molecule has 0 heterocycles. The molecule has 0 aromatic rings. The second-order valence-electron chi connectivity index (χ2n) is 2.23. The molecule has 0 spiro atoms. The van der Waals surface area contributed by atoms with Gasteiger partial charge in [-0.15, -0.1) is 0 Å².